The fourth-order valence-electron chi connectivity index (χ4n) is 3.50. The van der Waals surface area contributed by atoms with Crippen LogP contribution in [0.4, 0.5) is 0 Å². The van der Waals surface area contributed by atoms with Gasteiger partial charge in [0.05, 0.1) is 25.0 Å². The maximum Gasteiger partial charge on any atom is 0.226 e. The number of nitrogens with one attached hydrogen (secondary N) is 1. The molecule has 28 heavy (non-hydrogen) atoms. The van der Waals surface area contributed by atoms with E-state index in [9.17, 15) is 9.59 Å². The van der Waals surface area contributed by atoms with Gasteiger partial charge in [-0.15, -0.1) is 0 Å². The number of benzene rings is 2. The average molecular weight is 380 g/mol. The average Bonchev–Trinajstić information content (AvgIpc) is 2.75. The number of carbonyl (C=O) groups excluding carboxylic acids is 2. The fraction of sp³-hybridized carbons (Fsp3) is 0.391. The molecule has 1 aliphatic rings. The number of piperidine rings is 1. The third kappa shape index (κ3) is 5.59. The van der Waals surface area contributed by atoms with E-state index < -0.39 is 0 Å². The summed E-state index contributed by atoms with van der Waals surface area (Å²) in [5.41, 5.74) is 1.08. The Bertz CT molecular complexity index is 764. The van der Waals surface area contributed by atoms with Gasteiger partial charge in [-0.2, -0.15) is 0 Å². The lowest BCUT2D eigenvalue weighted by molar-refractivity contribution is -0.136. The van der Waals surface area contributed by atoms with Crippen LogP contribution in [0.15, 0.2) is 60.7 Å². The molecule has 1 saturated heterocycles. The van der Waals surface area contributed by atoms with E-state index in [0.29, 0.717) is 26.1 Å². The Balaban J connectivity index is 1.46. The van der Waals surface area contributed by atoms with Crippen molar-refractivity contribution in [3.05, 3.63) is 66.2 Å². The van der Waals surface area contributed by atoms with Gasteiger partial charge in [-0.05, 0) is 37.5 Å². The molecule has 0 bridgehead atoms. The topological polar surface area (TPSA) is 58.6 Å². The molecule has 1 N–H and O–H groups in total. The maximum absolute atomic E-state index is 12.7. The number of carbonyl (C=O) groups is 2. The van der Waals surface area contributed by atoms with Crippen molar-refractivity contribution in [2.45, 2.75) is 32.2 Å². The Morgan fingerprint density at radius 1 is 1.11 bits per heavy atom. The van der Waals surface area contributed by atoms with Crippen LogP contribution in [0.1, 0.15) is 37.8 Å². The van der Waals surface area contributed by atoms with Crippen LogP contribution in [0.25, 0.3) is 0 Å². The van der Waals surface area contributed by atoms with Crippen LogP contribution in [0.3, 0.4) is 0 Å². The molecule has 5 heteroatoms. The SMILES string of the molecule is CC(NC(=O)C1CCCN(C(=O)CCOc2ccccc2)C1)c1ccccc1. The minimum absolute atomic E-state index is 0.0226. The van der Waals surface area contributed by atoms with E-state index in [4.69, 9.17) is 4.74 Å². The molecular formula is C23H28N2O3. The standard InChI is InChI=1S/C23H28N2O3/c1-18(19-9-4-2-5-10-19)24-23(27)20-11-8-15-25(17-20)22(26)14-16-28-21-12-6-3-7-13-21/h2-7,9-10,12-13,18,20H,8,11,14-17H2,1H3,(H,24,27). The first-order chi connectivity index (χ1) is 13.6. The summed E-state index contributed by atoms with van der Waals surface area (Å²) >= 11 is 0. The van der Waals surface area contributed by atoms with E-state index in [1.807, 2.05) is 67.6 Å². The van der Waals surface area contributed by atoms with Gasteiger partial charge >= 0.3 is 0 Å². The van der Waals surface area contributed by atoms with E-state index >= 15 is 0 Å². The molecule has 3 rings (SSSR count). The lowest BCUT2D eigenvalue weighted by Crippen LogP contribution is -2.46. The molecule has 1 aliphatic heterocycles. The van der Waals surface area contributed by atoms with E-state index in [0.717, 1.165) is 24.2 Å². The lowest BCUT2D eigenvalue weighted by Gasteiger charge is -2.32. The first-order valence-corrected chi connectivity index (χ1v) is 9.94. The third-order valence-corrected chi connectivity index (χ3v) is 5.13. The summed E-state index contributed by atoms with van der Waals surface area (Å²) in [5.74, 6) is 0.680. The summed E-state index contributed by atoms with van der Waals surface area (Å²) < 4.78 is 5.62. The van der Waals surface area contributed by atoms with Gasteiger partial charge in [0.1, 0.15) is 5.75 Å². The van der Waals surface area contributed by atoms with Crippen molar-refractivity contribution in [3.63, 3.8) is 0 Å². The number of likely N-dealkylation sites (tertiary alicyclic amines) is 1. The van der Waals surface area contributed by atoms with Crippen molar-refractivity contribution in [2.24, 2.45) is 5.92 Å². The molecule has 5 nitrogen and oxygen atoms in total. The molecule has 2 aromatic carbocycles. The van der Waals surface area contributed by atoms with Gasteiger partial charge < -0.3 is 15.0 Å². The summed E-state index contributed by atoms with van der Waals surface area (Å²) in [6.45, 7) is 3.53. The number of para-hydroxylation sites is 1. The summed E-state index contributed by atoms with van der Waals surface area (Å²) in [7, 11) is 0. The first kappa shape index (κ1) is 19.9. The van der Waals surface area contributed by atoms with Crippen LogP contribution in [0.2, 0.25) is 0 Å². The highest BCUT2D eigenvalue weighted by molar-refractivity contribution is 5.81. The zero-order chi connectivity index (χ0) is 19.8. The zero-order valence-corrected chi connectivity index (χ0v) is 16.3. The second-order valence-electron chi connectivity index (χ2n) is 7.23. The van der Waals surface area contributed by atoms with Crippen molar-refractivity contribution < 1.29 is 14.3 Å². The second kappa shape index (κ2) is 9.93. The number of rotatable bonds is 7. The Kier molecular flexibility index (Phi) is 7.06. The Labute approximate surface area is 166 Å². The van der Waals surface area contributed by atoms with Gasteiger partial charge in [0.25, 0.3) is 0 Å². The van der Waals surface area contributed by atoms with Crippen molar-refractivity contribution in [2.75, 3.05) is 19.7 Å². The van der Waals surface area contributed by atoms with Gasteiger partial charge in [-0.1, -0.05) is 48.5 Å². The molecule has 2 aromatic rings. The molecule has 2 amide bonds. The molecule has 1 heterocycles. The van der Waals surface area contributed by atoms with E-state index in [1.54, 1.807) is 4.90 Å². The third-order valence-electron chi connectivity index (χ3n) is 5.13. The van der Waals surface area contributed by atoms with Crippen molar-refractivity contribution >= 4 is 11.8 Å². The maximum atomic E-state index is 12.7. The molecule has 0 saturated carbocycles. The molecule has 148 valence electrons. The van der Waals surface area contributed by atoms with Crippen molar-refractivity contribution in [1.29, 1.82) is 0 Å². The molecule has 0 aromatic heterocycles. The predicted octanol–water partition coefficient (Wildman–Crippen LogP) is 3.57. The Morgan fingerprint density at radius 3 is 2.50 bits per heavy atom. The largest absolute Gasteiger partial charge is 0.493 e. The number of hydrogen-bond acceptors (Lipinski definition) is 3. The van der Waals surface area contributed by atoms with E-state index in [-0.39, 0.29) is 23.8 Å². The van der Waals surface area contributed by atoms with Crippen molar-refractivity contribution in [3.8, 4) is 5.75 Å². The smallest absolute Gasteiger partial charge is 0.226 e. The normalized spacial score (nSPS) is 17.6. The van der Waals surface area contributed by atoms with Crippen LogP contribution >= 0.6 is 0 Å². The number of amides is 2. The minimum atomic E-state index is -0.154. The highest BCUT2D eigenvalue weighted by atomic mass is 16.5. The first-order valence-electron chi connectivity index (χ1n) is 9.94. The molecule has 1 fully saturated rings. The highest BCUT2D eigenvalue weighted by Crippen LogP contribution is 2.20. The monoisotopic (exact) mass is 380 g/mol. The van der Waals surface area contributed by atoms with E-state index in [1.165, 1.54) is 0 Å². The Morgan fingerprint density at radius 2 is 1.79 bits per heavy atom. The molecular weight excluding hydrogens is 352 g/mol. The van der Waals surface area contributed by atoms with Gasteiger partial charge in [0.15, 0.2) is 0 Å². The number of hydrogen-bond donors (Lipinski definition) is 1. The van der Waals surface area contributed by atoms with Gasteiger partial charge in [0, 0.05) is 13.1 Å². The van der Waals surface area contributed by atoms with Crippen LogP contribution in [-0.2, 0) is 9.59 Å². The highest BCUT2D eigenvalue weighted by Gasteiger charge is 2.29. The molecule has 2 atom stereocenters. The summed E-state index contributed by atoms with van der Waals surface area (Å²) in [4.78, 5) is 27.0. The van der Waals surface area contributed by atoms with Gasteiger partial charge in [0.2, 0.25) is 11.8 Å². The lowest BCUT2D eigenvalue weighted by atomic mass is 9.96. The zero-order valence-electron chi connectivity index (χ0n) is 16.3. The second-order valence-corrected chi connectivity index (χ2v) is 7.23. The van der Waals surface area contributed by atoms with Crippen LogP contribution < -0.4 is 10.1 Å². The molecule has 0 aliphatic carbocycles. The quantitative estimate of drug-likeness (QED) is 0.799. The van der Waals surface area contributed by atoms with Gasteiger partial charge in [-0.25, -0.2) is 0 Å². The summed E-state index contributed by atoms with van der Waals surface area (Å²) in [6, 6.07) is 19.4. The van der Waals surface area contributed by atoms with Gasteiger partial charge in [-0.3, -0.25) is 9.59 Å². The molecule has 0 spiro atoms. The Hall–Kier alpha value is -2.82. The van der Waals surface area contributed by atoms with Crippen LogP contribution in [0.5, 0.6) is 5.75 Å². The predicted molar refractivity (Wildman–Crippen MR) is 109 cm³/mol. The number of ether oxygens (including phenoxy) is 1. The summed E-state index contributed by atoms with van der Waals surface area (Å²) in [5, 5.41) is 3.09. The van der Waals surface area contributed by atoms with E-state index in [2.05, 4.69) is 5.32 Å². The fourth-order valence-corrected chi connectivity index (χ4v) is 3.50. The minimum Gasteiger partial charge on any atom is -0.493 e. The summed E-state index contributed by atoms with van der Waals surface area (Å²) in [6.07, 6.45) is 1.99. The number of nitrogens with zero attached hydrogens (tertiary/aromatic N) is 1. The van der Waals surface area contributed by atoms with Crippen molar-refractivity contribution in [1.82, 2.24) is 10.2 Å². The van der Waals surface area contributed by atoms with Crippen LogP contribution in [-0.4, -0.2) is 36.4 Å². The molecule has 0 radical (unpaired) electrons. The molecule has 2 unspecified atom stereocenters. The van der Waals surface area contributed by atoms with Crippen LogP contribution in [0, 0.1) is 5.92 Å².